The fourth-order valence-corrected chi connectivity index (χ4v) is 2.51. The molecule has 0 spiro atoms. The van der Waals surface area contributed by atoms with Crippen molar-refractivity contribution in [2.24, 2.45) is 0 Å². The zero-order valence-electron chi connectivity index (χ0n) is 15.4. The second-order valence-corrected chi connectivity index (χ2v) is 7.02. The Labute approximate surface area is 152 Å². The van der Waals surface area contributed by atoms with Crippen molar-refractivity contribution in [3.8, 4) is 12.3 Å². The van der Waals surface area contributed by atoms with Crippen molar-refractivity contribution in [2.75, 3.05) is 13.2 Å². The van der Waals surface area contributed by atoms with Crippen LogP contribution in [0.25, 0.3) is 5.57 Å². The number of halogens is 3. The molecule has 7 heteroatoms. The Morgan fingerprint density at radius 3 is 2.38 bits per heavy atom. The minimum absolute atomic E-state index is 0.0159. The molecule has 2 rings (SSSR count). The van der Waals surface area contributed by atoms with E-state index in [1.807, 2.05) is 0 Å². The molecule has 1 heterocycles. The largest absolute Gasteiger partial charge is 0.525 e. The predicted molar refractivity (Wildman–Crippen MR) is 94.7 cm³/mol. The third-order valence-corrected chi connectivity index (χ3v) is 4.71. The van der Waals surface area contributed by atoms with Crippen LogP contribution in [-0.4, -0.2) is 31.5 Å². The molecule has 0 unspecified atom stereocenters. The maximum absolute atomic E-state index is 15.2. The highest BCUT2D eigenvalue weighted by Gasteiger charge is 2.53. The highest BCUT2D eigenvalue weighted by Crippen LogP contribution is 2.41. The lowest BCUT2D eigenvalue weighted by atomic mass is 9.81. The fourth-order valence-electron chi connectivity index (χ4n) is 2.51. The minimum Gasteiger partial charge on any atom is -0.398 e. The zero-order valence-corrected chi connectivity index (χ0v) is 15.4. The molecule has 1 aliphatic rings. The topological polar surface area (TPSA) is 27.7 Å². The van der Waals surface area contributed by atoms with E-state index in [9.17, 15) is 8.78 Å². The first-order chi connectivity index (χ1) is 12.1. The van der Waals surface area contributed by atoms with Crippen molar-refractivity contribution >= 4 is 12.7 Å². The highest BCUT2D eigenvalue weighted by atomic mass is 19.2. The predicted octanol–water partition coefficient (Wildman–Crippen LogP) is 4.32. The van der Waals surface area contributed by atoms with Crippen molar-refractivity contribution < 1.29 is 27.2 Å². The Bertz CT molecular complexity index is 722. The number of hydrogen-bond donors (Lipinski definition) is 0. The van der Waals surface area contributed by atoms with Gasteiger partial charge in [-0.2, -0.15) is 0 Å². The van der Waals surface area contributed by atoms with Crippen LogP contribution in [0.3, 0.4) is 0 Å². The van der Waals surface area contributed by atoms with Gasteiger partial charge in [0.15, 0.2) is 11.6 Å². The molecule has 140 valence electrons. The highest BCUT2D eigenvalue weighted by molar-refractivity contribution is 6.55. The van der Waals surface area contributed by atoms with Crippen molar-refractivity contribution in [1.82, 2.24) is 0 Å². The summed E-state index contributed by atoms with van der Waals surface area (Å²) < 4.78 is 59.6. The Hall–Kier alpha value is -1.75. The lowest BCUT2D eigenvalue weighted by Crippen LogP contribution is -2.41. The van der Waals surface area contributed by atoms with E-state index in [1.54, 1.807) is 27.7 Å². The van der Waals surface area contributed by atoms with Crippen LogP contribution in [0.1, 0.15) is 39.7 Å². The Morgan fingerprint density at radius 2 is 1.81 bits per heavy atom. The minimum atomic E-state index is -1.31. The van der Waals surface area contributed by atoms with Crippen molar-refractivity contribution in [1.29, 1.82) is 0 Å². The van der Waals surface area contributed by atoms with Crippen LogP contribution >= 0.6 is 0 Å². The van der Waals surface area contributed by atoms with E-state index in [-0.39, 0.29) is 30.8 Å². The molecule has 0 saturated carbocycles. The number of hydrogen-bond acceptors (Lipinski definition) is 3. The van der Waals surface area contributed by atoms with Crippen LogP contribution in [0.4, 0.5) is 13.2 Å². The molecule has 1 aromatic carbocycles. The first-order valence-electron chi connectivity index (χ1n) is 8.30. The smallest absolute Gasteiger partial charge is 0.398 e. The third kappa shape index (κ3) is 4.14. The van der Waals surface area contributed by atoms with E-state index in [1.165, 1.54) is 12.1 Å². The standard InChI is InChI=1S/C19H22BF3O3/c1-6-11-24-12-10-14(13-8-7-9-15(21)16(13)22)17(23)20-25-18(2,3)19(4,5)26-20/h1,7-9H,10-12H2,2-5H3. The molecule has 0 atom stereocenters. The summed E-state index contributed by atoms with van der Waals surface area (Å²) in [5, 5.41) is 0. The van der Waals surface area contributed by atoms with Crippen LogP contribution in [0.15, 0.2) is 23.9 Å². The number of terminal acetylenes is 1. The van der Waals surface area contributed by atoms with Gasteiger partial charge in [0, 0.05) is 5.56 Å². The summed E-state index contributed by atoms with van der Waals surface area (Å²) in [5.41, 5.74) is -2.60. The van der Waals surface area contributed by atoms with Gasteiger partial charge in [0.05, 0.1) is 17.8 Å². The van der Waals surface area contributed by atoms with Crippen LogP contribution in [-0.2, 0) is 14.0 Å². The first-order valence-corrected chi connectivity index (χ1v) is 8.30. The van der Waals surface area contributed by atoms with E-state index in [2.05, 4.69) is 5.92 Å². The van der Waals surface area contributed by atoms with Gasteiger partial charge in [-0.15, -0.1) is 6.42 Å². The van der Waals surface area contributed by atoms with Crippen molar-refractivity contribution in [2.45, 2.75) is 45.3 Å². The molecule has 3 nitrogen and oxygen atoms in total. The van der Waals surface area contributed by atoms with E-state index >= 15 is 4.39 Å². The van der Waals surface area contributed by atoms with Gasteiger partial charge in [0.1, 0.15) is 12.3 Å². The normalized spacial score (nSPS) is 19.2. The number of rotatable bonds is 6. The molecule has 1 aliphatic heterocycles. The third-order valence-electron chi connectivity index (χ3n) is 4.71. The van der Waals surface area contributed by atoms with Crippen LogP contribution in [0, 0.1) is 24.0 Å². The average molecular weight is 366 g/mol. The summed E-state index contributed by atoms with van der Waals surface area (Å²) in [6, 6.07) is 3.59. The molecule has 26 heavy (non-hydrogen) atoms. The van der Waals surface area contributed by atoms with Gasteiger partial charge in [0.25, 0.3) is 0 Å². The van der Waals surface area contributed by atoms with E-state index in [0.29, 0.717) is 0 Å². The maximum atomic E-state index is 15.2. The molecule has 0 radical (unpaired) electrons. The second kappa shape index (κ2) is 7.87. The van der Waals surface area contributed by atoms with Gasteiger partial charge in [-0.1, -0.05) is 18.1 Å². The summed E-state index contributed by atoms with van der Waals surface area (Å²) in [7, 11) is -1.31. The molecular weight excluding hydrogens is 344 g/mol. The average Bonchev–Trinajstić information content (AvgIpc) is 2.78. The summed E-state index contributed by atoms with van der Waals surface area (Å²) in [5.74, 6) is 0.0952. The molecule has 1 fully saturated rings. The van der Waals surface area contributed by atoms with E-state index in [0.717, 1.165) is 6.07 Å². The first kappa shape index (κ1) is 20.6. The summed E-state index contributed by atoms with van der Waals surface area (Å²) in [6.07, 6.45) is 5.09. The van der Waals surface area contributed by atoms with Crippen molar-refractivity contribution in [3.05, 3.63) is 41.1 Å². The molecule has 1 aromatic rings. The summed E-state index contributed by atoms with van der Waals surface area (Å²) in [4.78, 5) is 0. The van der Waals surface area contributed by atoms with Gasteiger partial charge >= 0.3 is 7.12 Å². The zero-order chi connectivity index (χ0) is 19.5. The van der Waals surface area contributed by atoms with Crippen molar-refractivity contribution in [3.63, 3.8) is 0 Å². The Kier molecular flexibility index (Phi) is 6.23. The molecule has 0 bridgehead atoms. The molecule has 1 saturated heterocycles. The van der Waals surface area contributed by atoms with Gasteiger partial charge in [0.2, 0.25) is 0 Å². The fraction of sp³-hybridized carbons (Fsp3) is 0.474. The van der Waals surface area contributed by atoms with E-state index in [4.69, 9.17) is 20.5 Å². The summed E-state index contributed by atoms with van der Waals surface area (Å²) in [6.45, 7) is 7.19. The van der Waals surface area contributed by atoms with Crippen LogP contribution < -0.4 is 0 Å². The summed E-state index contributed by atoms with van der Waals surface area (Å²) >= 11 is 0. The maximum Gasteiger partial charge on any atom is 0.525 e. The Morgan fingerprint density at radius 1 is 1.19 bits per heavy atom. The van der Waals surface area contributed by atoms with Gasteiger partial charge in [-0.3, -0.25) is 0 Å². The van der Waals surface area contributed by atoms with Crippen LogP contribution in [0.5, 0.6) is 0 Å². The van der Waals surface area contributed by atoms with E-state index < -0.39 is 35.7 Å². The lowest BCUT2D eigenvalue weighted by Gasteiger charge is -2.32. The monoisotopic (exact) mass is 366 g/mol. The lowest BCUT2D eigenvalue weighted by molar-refractivity contribution is 0.00578. The molecule has 0 amide bonds. The number of ether oxygens (including phenoxy) is 1. The second-order valence-electron chi connectivity index (χ2n) is 7.02. The molecule has 0 aromatic heterocycles. The molecule has 0 aliphatic carbocycles. The molecular formula is C19H22BF3O3. The van der Waals surface area contributed by atoms with Gasteiger partial charge < -0.3 is 14.0 Å². The van der Waals surface area contributed by atoms with Crippen LogP contribution in [0.2, 0.25) is 0 Å². The SMILES string of the molecule is C#CCOCCC(=C(F)B1OC(C)(C)C(C)(C)O1)c1cccc(F)c1F. The molecule has 0 N–H and O–H groups in total. The van der Waals surface area contributed by atoms with Gasteiger partial charge in [-0.05, 0) is 45.8 Å². The Balaban J connectivity index is 2.41. The quantitative estimate of drug-likeness (QED) is 0.427. The number of benzene rings is 1. The van der Waals surface area contributed by atoms with Gasteiger partial charge in [-0.25, -0.2) is 13.2 Å².